The minimum Gasteiger partial charge on any atom is -0.493 e. The largest absolute Gasteiger partial charge is 0.493 e. The van der Waals surface area contributed by atoms with Gasteiger partial charge in [0.05, 0.1) is 11.6 Å². The number of benzene rings is 3. The van der Waals surface area contributed by atoms with Gasteiger partial charge in [-0.2, -0.15) is 5.26 Å². The minimum absolute atomic E-state index is 0.0164. The summed E-state index contributed by atoms with van der Waals surface area (Å²) in [4.78, 5) is 12.7. The van der Waals surface area contributed by atoms with Crippen molar-refractivity contribution in [2.75, 3.05) is 12.4 Å². The minimum atomic E-state index is -0.475. The molecular weight excluding hydrogens is 492 g/mol. The number of carbonyl (C=O) groups is 1. The van der Waals surface area contributed by atoms with Crippen molar-refractivity contribution < 1.29 is 14.3 Å². The third kappa shape index (κ3) is 6.27. The van der Waals surface area contributed by atoms with E-state index in [9.17, 15) is 10.1 Å². The first kappa shape index (κ1) is 25.1. The van der Waals surface area contributed by atoms with Gasteiger partial charge in [-0.1, -0.05) is 37.3 Å². The van der Waals surface area contributed by atoms with E-state index in [1.807, 2.05) is 36.4 Å². The van der Waals surface area contributed by atoms with Crippen LogP contribution in [0.5, 0.6) is 11.5 Å². The number of amides is 1. The summed E-state index contributed by atoms with van der Waals surface area (Å²) < 4.78 is 12.2. The number of hydrogen-bond acceptors (Lipinski definition) is 4. The van der Waals surface area contributed by atoms with E-state index in [0.29, 0.717) is 33.8 Å². The summed E-state index contributed by atoms with van der Waals surface area (Å²) in [6.07, 6.45) is 2.44. The van der Waals surface area contributed by atoms with Crippen LogP contribution >= 0.6 is 15.9 Å². The Morgan fingerprint density at radius 1 is 1.06 bits per heavy atom. The molecule has 0 unspecified atom stereocenters. The molecule has 0 aliphatic heterocycles. The zero-order chi connectivity index (χ0) is 24.7. The average Bonchev–Trinajstić information content (AvgIpc) is 2.84. The first-order valence-electron chi connectivity index (χ1n) is 10.9. The number of methoxy groups -OCH3 is 1. The van der Waals surface area contributed by atoms with Crippen molar-refractivity contribution in [3.8, 4) is 17.6 Å². The quantitative estimate of drug-likeness (QED) is 0.264. The lowest BCUT2D eigenvalue weighted by Gasteiger charge is -2.14. The summed E-state index contributed by atoms with van der Waals surface area (Å²) in [6.45, 7) is 6.59. The van der Waals surface area contributed by atoms with Gasteiger partial charge in [0.25, 0.3) is 5.91 Å². The first-order valence-corrected chi connectivity index (χ1v) is 11.7. The molecule has 0 bridgehead atoms. The molecule has 0 atom stereocenters. The van der Waals surface area contributed by atoms with E-state index in [-0.39, 0.29) is 5.57 Å². The summed E-state index contributed by atoms with van der Waals surface area (Å²) >= 11 is 3.54. The summed E-state index contributed by atoms with van der Waals surface area (Å²) in [5, 5.41) is 12.3. The lowest BCUT2D eigenvalue weighted by molar-refractivity contribution is -0.112. The third-order valence-electron chi connectivity index (χ3n) is 5.50. The molecule has 1 amide bonds. The van der Waals surface area contributed by atoms with Crippen LogP contribution in [0.25, 0.3) is 6.08 Å². The number of rotatable bonds is 8. The molecule has 3 aromatic rings. The molecule has 1 N–H and O–H groups in total. The van der Waals surface area contributed by atoms with E-state index in [4.69, 9.17) is 9.47 Å². The van der Waals surface area contributed by atoms with Crippen LogP contribution in [0, 0.1) is 25.2 Å². The van der Waals surface area contributed by atoms with Gasteiger partial charge in [0.1, 0.15) is 18.2 Å². The Morgan fingerprint density at radius 2 is 1.76 bits per heavy atom. The second-order valence-corrected chi connectivity index (χ2v) is 8.77. The smallest absolute Gasteiger partial charge is 0.266 e. The van der Waals surface area contributed by atoms with Crippen LogP contribution in [-0.2, 0) is 17.8 Å². The van der Waals surface area contributed by atoms with E-state index in [2.05, 4.69) is 54.2 Å². The summed E-state index contributed by atoms with van der Waals surface area (Å²) in [5.41, 5.74) is 5.91. The Bertz CT molecular complexity index is 1260. The molecule has 0 aliphatic rings. The predicted molar refractivity (Wildman–Crippen MR) is 139 cm³/mol. The van der Waals surface area contributed by atoms with Crippen LogP contribution < -0.4 is 14.8 Å². The highest BCUT2D eigenvalue weighted by atomic mass is 79.9. The maximum absolute atomic E-state index is 12.7. The van der Waals surface area contributed by atoms with Crippen molar-refractivity contribution in [1.29, 1.82) is 5.26 Å². The summed E-state index contributed by atoms with van der Waals surface area (Å²) in [6, 6.07) is 19.3. The molecule has 0 radical (unpaired) electrons. The van der Waals surface area contributed by atoms with Crippen LogP contribution in [0.15, 0.2) is 64.6 Å². The zero-order valence-corrected chi connectivity index (χ0v) is 21.3. The maximum Gasteiger partial charge on any atom is 0.266 e. The predicted octanol–water partition coefficient (Wildman–Crippen LogP) is 6.76. The van der Waals surface area contributed by atoms with Crippen LogP contribution in [0.3, 0.4) is 0 Å². The van der Waals surface area contributed by atoms with Gasteiger partial charge in [-0.3, -0.25) is 4.79 Å². The number of hydrogen-bond donors (Lipinski definition) is 1. The fraction of sp³-hybridized carbons (Fsp3) is 0.214. The van der Waals surface area contributed by atoms with Crippen LogP contribution in [0.2, 0.25) is 0 Å². The molecule has 0 spiro atoms. The molecule has 3 rings (SSSR count). The van der Waals surface area contributed by atoms with Crippen molar-refractivity contribution in [2.24, 2.45) is 0 Å². The number of aryl methyl sites for hydroxylation is 3. The molecule has 0 saturated carbocycles. The maximum atomic E-state index is 12.7. The van der Waals surface area contributed by atoms with Crippen molar-refractivity contribution in [2.45, 2.75) is 33.8 Å². The van der Waals surface area contributed by atoms with Crippen molar-refractivity contribution in [1.82, 2.24) is 0 Å². The standard InChI is InChI=1S/C28H27BrN2O3/c1-5-20-8-10-24(11-9-20)31-28(32)23(16-30)13-22-14-25(29)27(26(15-22)33-4)34-17-21-7-6-18(2)19(3)12-21/h6-15H,5,17H2,1-4H3,(H,31,32)/b23-13+. The topological polar surface area (TPSA) is 71.4 Å². The van der Waals surface area contributed by atoms with Gasteiger partial charge < -0.3 is 14.8 Å². The summed E-state index contributed by atoms with van der Waals surface area (Å²) in [7, 11) is 1.55. The number of nitrogens with zero attached hydrogens (tertiary/aromatic N) is 1. The highest BCUT2D eigenvalue weighted by Gasteiger charge is 2.14. The molecule has 3 aromatic carbocycles. The molecule has 0 heterocycles. The van der Waals surface area contributed by atoms with Gasteiger partial charge in [0.15, 0.2) is 11.5 Å². The van der Waals surface area contributed by atoms with Crippen LogP contribution in [0.1, 0.15) is 34.7 Å². The van der Waals surface area contributed by atoms with Gasteiger partial charge >= 0.3 is 0 Å². The molecule has 0 saturated heterocycles. The third-order valence-corrected chi connectivity index (χ3v) is 6.09. The number of ether oxygens (including phenoxy) is 2. The van der Waals surface area contributed by atoms with E-state index in [1.165, 1.54) is 22.8 Å². The van der Waals surface area contributed by atoms with Crippen molar-refractivity contribution in [3.05, 3.63) is 92.5 Å². The van der Waals surface area contributed by atoms with Crippen LogP contribution in [0.4, 0.5) is 5.69 Å². The molecule has 5 nitrogen and oxygen atoms in total. The van der Waals surface area contributed by atoms with Crippen LogP contribution in [-0.4, -0.2) is 13.0 Å². The Balaban J connectivity index is 1.79. The van der Waals surface area contributed by atoms with Gasteiger partial charge in [0, 0.05) is 5.69 Å². The number of nitrogens with one attached hydrogen (secondary N) is 1. The van der Waals surface area contributed by atoms with Crippen molar-refractivity contribution >= 4 is 33.6 Å². The Labute approximate surface area is 209 Å². The Kier molecular flexibility index (Phi) is 8.50. The van der Waals surface area contributed by atoms with E-state index in [1.54, 1.807) is 19.2 Å². The molecule has 0 aliphatic carbocycles. The number of carbonyl (C=O) groups excluding carboxylic acids is 1. The van der Waals surface area contributed by atoms with E-state index >= 15 is 0 Å². The Morgan fingerprint density at radius 3 is 2.38 bits per heavy atom. The number of anilines is 1. The fourth-order valence-electron chi connectivity index (χ4n) is 3.35. The van der Waals surface area contributed by atoms with Gasteiger partial charge in [-0.15, -0.1) is 0 Å². The fourth-order valence-corrected chi connectivity index (χ4v) is 3.92. The highest BCUT2D eigenvalue weighted by molar-refractivity contribution is 9.10. The molecular formula is C28H27BrN2O3. The van der Waals surface area contributed by atoms with E-state index in [0.717, 1.165) is 12.0 Å². The molecule has 174 valence electrons. The second kappa shape index (κ2) is 11.5. The molecule has 6 heteroatoms. The second-order valence-electron chi connectivity index (χ2n) is 7.92. The molecule has 0 fully saturated rings. The van der Waals surface area contributed by atoms with Gasteiger partial charge in [-0.25, -0.2) is 0 Å². The highest BCUT2D eigenvalue weighted by Crippen LogP contribution is 2.38. The van der Waals surface area contributed by atoms with Gasteiger partial charge in [-0.05, 0) is 94.4 Å². The lowest BCUT2D eigenvalue weighted by Crippen LogP contribution is -2.13. The Hall–Kier alpha value is -3.56. The van der Waals surface area contributed by atoms with E-state index < -0.39 is 5.91 Å². The lowest BCUT2D eigenvalue weighted by atomic mass is 10.1. The van der Waals surface area contributed by atoms with Crippen molar-refractivity contribution in [3.63, 3.8) is 0 Å². The molecule has 0 aromatic heterocycles. The number of halogens is 1. The monoisotopic (exact) mass is 518 g/mol. The normalized spacial score (nSPS) is 11.0. The summed E-state index contributed by atoms with van der Waals surface area (Å²) in [5.74, 6) is 0.575. The first-order chi connectivity index (χ1) is 16.3. The SMILES string of the molecule is CCc1ccc(NC(=O)/C(C#N)=C/c2cc(Br)c(OCc3ccc(C)c(C)c3)c(OC)c2)cc1. The number of nitriles is 1. The van der Waals surface area contributed by atoms with Gasteiger partial charge in [0.2, 0.25) is 0 Å². The average molecular weight is 519 g/mol. The zero-order valence-electron chi connectivity index (χ0n) is 19.7. The molecule has 34 heavy (non-hydrogen) atoms.